The maximum atomic E-state index is 11.2. The number of hydrogen-bond donors (Lipinski definition) is 1. The van der Waals surface area contributed by atoms with E-state index in [9.17, 15) is 9.90 Å². The van der Waals surface area contributed by atoms with Crippen LogP contribution in [-0.4, -0.2) is 11.1 Å². The third kappa shape index (κ3) is 4.34. The highest BCUT2D eigenvalue weighted by molar-refractivity contribution is 5.72. The normalized spacial score (nSPS) is 35.1. The van der Waals surface area contributed by atoms with Gasteiger partial charge in [0.2, 0.25) is 0 Å². The first-order valence-corrected chi connectivity index (χ1v) is 9.01. The smallest absolute Gasteiger partial charge is 0.310 e. The highest BCUT2D eigenvalue weighted by Gasteiger charge is 2.34. The molecule has 0 aromatic carbocycles. The molecular weight excluding hydrogens is 260 g/mol. The standard InChI is InChI=1S/C19H32O2/c1-3-5-14-6-8-15(9-7-14)16-10-12-17(13-11-16)18(4-2)19(20)21/h4,14-18H,2-3,5-13H2,1H3,(H,20,21). The van der Waals surface area contributed by atoms with Crippen molar-refractivity contribution in [2.75, 3.05) is 0 Å². The van der Waals surface area contributed by atoms with Crippen LogP contribution in [-0.2, 0) is 4.79 Å². The molecule has 2 aliphatic rings. The lowest BCUT2D eigenvalue weighted by atomic mass is 9.67. The van der Waals surface area contributed by atoms with Crippen LogP contribution in [0.25, 0.3) is 0 Å². The summed E-state index contributed by atoms with van der Waals surface area (Å²) in [6.07, 6.45) is 14.8. The fraction of sp³-hybridized carbons (Fsp3) is 0.842. The lowest BCUT2D eigenvalue weighted by Gasteiger charge is -2.38. The van der Waals surface area contributed by atoms with Gasteiger partial charge in [-0.05, 0) is 62.2 Å². The minimum Gasteiger partial charge on any atom is -0.481 e. The van der Waals surface area contributed by atoms with Crippen molar-refractivity contribution in [3.8, 4) is 0 Å². The molecule has 120 valence electrons. The summed E-state index contributed by atoms with van der Waals surface area (Å²) in [7, 11) is 0. The first kappa shape index (κ1) is 16.6. The molecule has 21 heavy (non-hydrogen) atoms. The molecule has 0 bridgehead atoms. The number of rotatable bonds is 6. The van der Waals surface area contributed by atoms with Crippen molar-refractivity contribution >= 4 is 5.97 Å². The van der Waals surface area contributed by atoms with Gasteiger partial charge in [-0.3, -0.25) is 4.79 Å². The Balaban J connectivity index is 1.77. The van der Waals surface area contributed by atoms with Crippen molar-refractivity contribution in [1.29, 1.82) is 0 Å². The monoisotopic (exact) mass is 292 g/mol. The van der Waals surface area contributed by atoms with Crippen LogP contribution in [0.4, 0.5) is 0 Å². The van der Waals surface area contributed by atoms with Gasteiger partial charge in [0.25, 0.3) is 0 Å². The van der Waals surface area contributed by atoms with E-state index in [-0.39, 0.29) is 5.92 Å². The van der Waals surface area contributed by atoms with Gasteiger partial charge in [0.05, 0.1) is 5.92 Å². The van der Waals surface area contributed by atoms with E-state index in [1.165, 1.54) is 51.4 Å². The van der Waals surface area contributed by atoms with Gasteiger partial charge in [-0.2, -0.15) is 0 Å². The van der Waals surface area contributed by atoms with Crippen molar-refractivity contribution in [2.45, 2.75) is 71.1 Å². The average Bonchev–Trinajstić information content (AvgIpc) is 2.49. The van der Waals surface area contributed by atoms with Gasteiger partial charge in [0, 0.05) is 0 Å². The van der Waals surface area contributed by atoms with E-state index < -0.39 is 5.97 Å². The zero-order valence-electron chi connectivity index (χ0n) is 13.6. The summed E-state index contributed by atoms with van der Waals surface area (Å²) in [6, 6.07) is 0. The number of carboxylic acid groups (broad SMARTS) is 1. The topological polar surface area (TPSA) is 37.3 Å². The highest BCUT2D eigenvalue weighted by atomic mass is 16.4. The van der Waals surface area contributed by atoms with Crippen molar-refractivity contribution in [3.05, 3.63) is 12.7 Å². The largest absolute Gasteiger partial charge is 0.481 e. The van der Waals surface area contributed by atoms with Gasteiger partial charge >= 0.3 is 5.97 Å². The van der Waals surface area contributed by atoms with Crippen LogP contribution in [0.3, 0.4) is 0 Å². The van der Waals surface area contributed by atoms with Gasteiger partial charge in [0.1, 0.15) is 0 Å². The van der Waals surface area contributed by atoms with E-state index in [0.29, 0.717) is 5.92 Å². The second kappa shape index (κ2) is 8.00. The fourth-order valence-corrected chi connectivity index (χ4v) is 4.83. The fourth-order valence-electron chi connectivity index (χ4n) is 4.83. The van der Waals surface area contributed by atoms with Crippen molar-refractivity contribution in [1.82, 2.24) is 0 Å². The van der Waals surface area contributed by atoms with Gasteiger partial charge < -0.3 is 5.11 Å². The van der Waals surface area contributed by atoms with Crippen LogP contribution < -0.4 is 0 Å². The molecule has 0 amide bonds. The molecule has 0 aromatic rings. The maximum absolute atomic E-state index is 11.2. The van der Waals surface area contributed by atoms with Crippen LogP contribution in [0, 0.1) is 29.6 Å². The second-order valence-electron chi connectivity index (χ2n) is 7.34. The van der Waals surface area contributed by atoms with Crippen LogP contribution in [0.1, 0.15) is 71.1 Å². The number of carbonyl (C=O) groups is 1. The molecule has 2 fully saturated rings. The minimum absolute atomic E-state index is 0.327. The van der Waals surface area contributed by atoms with Crippen LogP contribution in [0.5, 0.6) is 0 Å². The zero-order valence-corrected chi connectivity index (χ0v) is 13.6. The van der Waals surface area contributed by atoms with E-state index in [4.69, 9.17) is 0 Å². The van der Waals surface area contributed by atoms with Crippen molar-refractivity contribution in [3.63, 3.8) is 0 Å². The van der Waals surface area contributed by atoms with Gasteiger partial charge in [-0.25, -0.2) is 0 Å². The molecule has 2 nitrogen and oxygen atoms in total. The Hall–Kier alpha value is -0.790. The van der Waals surface area contributed by atoms with Crippen molar-refractivity contribution in [2.24, 2.45) is 29.6 Å². The molecule has 0 spiro atoms. The summed E-state index contributed by atoms with van der Waals surface area (Å²) in [5.74, 6) is 2.08. The lowest BCUT2D eigenvalue weighted by Crippen LogP contribution is -2.30. The third-order valence-corrected chi connectivity index (χ3v) is 6.12. The molecule has 0 saturated heterocycles. The maximum Gasteiger partial charge on any atom is 0.310 e. The first-order chi connectivity index (χ1) is 10.2. The molecule has 1 unspecified atom stereocenters. The molecule has 0 aliphatic heterocycles. The van der Waals surface area contributed by atoms with E-state index in [1.54, 1.807) is 6.08 Å². The molecule has 2 saturated carbocycles. The Morgan fingerprint density at radius 3 is 2.05 bits per heavy atom. The van der Waals surface area contributed by atoms with Crippen molar-refractivity contribution < 1.29 is 9.90 Å². The van der Waals surface area contributed by atoms with E-state index in [0.717, 1.165) is 30.6 Å². The SMILES string of the molecule is C=CC(C(=O)O)C1CCC(C2CCC(CCC)CC2)CC1. The van der Waals surface area contributed by atoms with E-state index >= 15 is 0 Å². The number of carboxylic acids is 1. The van der Waals surface area contributed by atoms with E-state index in [2.05, 4.69) is 13.5 Å². The summed E-state index contributed by atoms with van der Waals surface area (Å²) in [4.78, 5) is 11.2. The molecular formula is C19H32O2. The lowest BCUT2D eigenvalue weighted by molar-refractivity contribution is -0.142. The quantitative estimate of drug-likeness (QED) is 0.676. The van der Waals surface area contributed by atoms with Gasteiger partial charge in [0.15, 0.2) is 0 Å². The average molecular weight is 292 g/mol. The predicted molar refractivity (Wildman–Crippen MR) is 87.1 cm³/mol. The van der Waals surface area contributed by atoms with E-state index in [1.807, 2.05) is 0 Å². The van der Waals surface area contributed by atoms with Gasteiger partial charge in [-0.1, -0.05) is 38.7 Å². The highest BCUT2D eigenvalue weighted by Crippen LogP contribution is 2.43. The summed E-state index contributed by atoms with van der Waals surface area (Å²) in [5, 5.41) is 9.25. The molecule has 1 N–H and O–H groups in total. The Bertz CT molecular complexity index is 333. The Labute approximate surface area is 130 Å². The Kier molecular flexibility index (Phi) is 6.32. The number of hydrogen-bond acceptors (Lipinski definition) is 1. The molecule has 2 aliphatic carbocycles. The molecule has 0 aromatic heterocycles. The van der Waals surface area contributed by atoms with Gasteiger partial charge in [-0.15, -0.1) is 6.58 Å². The summed E-state index contributed by atoms with van der Waals surface area (Å²) in [6.45, 7) is 6.01. The molecule has 2 heteroatoms. The number of aliphatic carboxylic acids is 1. The molecule has 0 heterocycles. The Morgan fingerprint density at radius 1 is 1.10 bits per heavy atom. The van der Waals surface area contributed by atoms with Crippen LogP contribution in [0.2, 0.25) is 0 Å². The summed E-state index contributed by atoms with van der Waals surface area (Å²) in [5.41, 5.74) is 0. The zero-order chi connectivity index (χ0) is 15.2. The molecule has 0 radical (unpaired) electrons. The third-order valence-electron chi connectivity index (χ3n) is 6.12. The minimum atomic E-state index is -0.687. The molecule has 2 rings (SSSR count). The summed E-state index contributed by atoms with van der Waals surface area (Å²) < 4.78 is 0. The summed E-state index contributed by atoms with van der Waals surface area (Å²) >= 11 is 0. The van der Waals surface area contributed by atoms with Crippen LogP contribution >= 0.6 is 0 Å². The predicted octanol–water partition coefficient (Wildman–Crippen LogP) is 5.29. The first-order valence-electron chi connectivity index (χ1n) is 9.01. The Morgan fingerprint density at radius 2 is 1.62 bits per heavy atom. The second-order valence-corrected chi connectivity index (χ2v) is 7.34. The molecule has 1 atom stereocenters. The van der Waals surface area contributed by atoms with Crippen LogP contribution in [0.15, 0.2) is 12.7 Å².